The van der Waals surface area contributed by atoms with Crippen LogP contribution in [0.15, 0.2) is 17.1 Å². The number of esters is 2. The molecule has 1 aliphatic heterocycles. The molecule has 1 N–H and O–H groups in total. The minimum absolute atomic E-state index is 0.0467. The van der Waals surface area contributed by atoms with E-state index in [2.05, 4.69) is 0 Å². The van der Waals surface area contributed by atoms with Crippen LogP contribution in [-0.2, 0) is 19.1 Å². The predicted octanol–water partition coefficient (Wildman–Crippen LogP) is 2.18. The maximum atomic E-state index is 16.1. The minimum Gasteiger partial charge on any atom is -0.481 e. The number of carboxylic acids is 1. The molecular weight excluding hydrogens is 480 g/mol. The molecule has 10 nitrogen and oxygen atoms in total. The Hall–Kier alpha value is -3.54. The molecule has 3 rings (SSSR count). The first-order valence-electron chi connectivity index (χ1n) is 11.7. The Bertz CT molecular complexity index is 1220. The van der Waals surface area contributed by atoms with Gasteiger partial charge in [-0.2, -0.15) is 0 Å². The van der Waals surface area contributed by atoms with Crippen molar-refractivity contribution in [3.05, 3.63) is 39.7 Å². The van der Waals surface area contributed by atoms with Gasteiger partial charge in [0.25, 0.3) is 0 Å². The van der Waals surface area contributed by atoms with Crippen LogP contribution in [0, 0.1) is 11.6 Å². The lowest BCUT2D eigenvalue weighted by atomic mass is 10.0. The van der Waals surface area contributed by atoms with Crippen molar-refractivity contribution in [2.75, 3.05) is 51.3 Å². The van der Waals surface area contributed by atoms with Crippen LogP contribution in [-0.4, -0.2) is 78.9 Å². The standard InChI is InChI=1S/C24H29F2N3O7/c1-4-35-23(33)15-13-29(17(6-7-18(30)31)24(34)36-5-2)20-14(22(15)32)12-16(25)21(19(20)26)28-10-8-27(3)9-11-28/h12-13,17H,4-11H2,1-3H3,(H,30,31). The van der Waals surface area contributed by atoms with E-state index in [9.17, 15) is 24.3 Å². The minimum atomic E-state index is -1.40. The fourth-order valence-electron chi connectivity index (χ4n) is 4.22. The van der Waals surface area contributed by atoms with Gasteiger partial charge in [-0.1, -0.05) is 0 Å². The Kier molecular flexibility index (Phi) is 8.62. The number of aliphatic carboxylic acids is 1. The third kappa shape index (κ3) is 5.48. The van der Waals surface area contributed by atoms with Gasteiger partial charge in [0.1, 0.15) is 23.1 Å². The van der Waals surface area contributed by atoms with E-state index in [-0.39, 0.29) is 25.3 Å². The molecule has 0 bridgehead atoms. The average Bonchev–Trinajstić information content (AvgIpc) is 2.81. The Balaban J connectivity index is 2.34. The Morgan fingerprint density at radius 1 is 1.08 bits per heavy atom. The number of hydrogen-bond acceptors (Lipinski definition) is 8. The fraction of sp³-hybridized carbons (Fsp3) is 0.500. The van der Waals surface area contributed by atoms with Gasteiger partial charge in [-0.3, -0.25) is 9.59 Å². The van der Waals surface area contributed by atoms with Crippen molar-refractivity contribution in [1.82, 2.24) is 9.47 Å². The molecule has 1 unspecified atom stereocenters. The van der Waals surface area contributed by atoms with Gasteiger partial charge in [0.2, 0.25) is 5.43 Å². The molecular formula is C24H29F2N3O7. The van der Waals surface area contributed by atoms with Crippen LogP contribution in [0.25, 0.3) is 10.9 Å². The zero-order valence-electron chi connectivity index (χ0n) is 20.4. The summed E-state index contributed by atoms with van der Waals surface area (Å²) < 4.78 is 42.4. The molecule has 2 heterocycles. The molecule has 1 aromatic carbocycles. The molecule has 0 radical (unpaired) electrons. The summed E-state index contributed by atoms with van der Waals surface area (Å²) in [5, 5.41) is 8.72. The number of carboxylic acid groups (broad SMARTS) is 1. The maximum absolute atomic E-state index is 16.1. The summed E-state index contributed by atoms with van der Waals surface area (Å²) in [6.45, 7) is 4.69. The van der Waals surface area contributed by atoms with Crippen molar-refractivity contribution >= 4 is 34.5 Å². The number of halogens is 2. The van der Waals surface area contributed by atoms with E-state index in [1.807, 2.05) is 11.9 Å². The number of carbonyl (C=O) groups is 3. The van der Waals surface area contributed by atoms with E-state index in [1.54, 1.807) is 6.92 Å². The zero-order valence-corrected chi connectivity index (χ0v) is 20.4. The highest BCUT2D eigenvalue weighted by molar-refractivity contribution is 5.95. The summed E-state index contributed by atoms with van der Waals surface area (Å²) in [7, 11) is 1.88. The number of pyridine rings is 1. The smallest absolute Gasteiger partial charge is 0.343 e. The van der Waals surface area contributed by atoms with Crippen molar-refractivity contribution < 1.29 is 37.7 Å². The Morgan fingerprint density at radius 3 is 2.31 bits per heavy atom. The van der Waals surface area contributed by atoms with E-state index in [0.29, 0.717) is 26.2 Å². The van der Waals surface area contributed by atoms with Gasteiger partial charge in [-0.25, -0.2) is 18.4 Å². The summed E-state index contributed by atoms with van der Waals surface area (Å²) in [4.78, 5) is 53.3. The van der Waals surface area contributed by atoms with Gasteiger partial charge >= 0.3 is 17.9 Å². The lowest BCUT2D eigenvalue weighted by molar-refractivity contribution is -0.147. The molecule has 2 aromatic rings. The van der Waals surface area contributed by atoms with Gasteiger partial charge in [0.15, 0.2) is 5.82 Å². The molecule has 0 aliphatic carbocycles. The van der Waals surface area contributed by atoms with Crippen LogP contribution in [0.3, 0.4) is 0 Å². The zero-order chi connectivity index (χ0) is 26.6. The number of hydrogen-bond donors (Lipinski definition) is 1. The van der Waals surface area contributed by atoms with Crippen molar-refractivity contribution in [2.45, 2.75) is 32.7 Å². The second kappa shape index (κ2) is 11.5. The molecule has 1 atom stereocenters. The molecule has 36 heavy (non-hydrogen) atoms. The third-order valence-electron chi connectivity index (χ3n) is 6.02. The molecule has 0 amide bonds. The normalized spacial score (nSPS) is 15.1. The lowest BCUT2D eigenvalue weighted by Gasteiger charge is -2.34. The molecule has 1 aliphatic rings. The van der Waals surface area contributed by atoms with Crippen LogP contribution < -0.4 is 10.3 Å². The number of carbonyl (C=O) groups excluding carboxylic acids is 2. The van der Waals surface area contributed by atoms with Gasteiger partial charge < -0.3 is 28.9 Å². The fourth-order valence-corrected chi connectivity index (χ4v) is 4.22. The van der Waals surface area contributed by atoms with Crippen molar-refractivity contribution in [3.63, 3.8) is 0 Å². The predicted molar refractivity (Wildman–Crippen MR) is 126 cm³/mol. The summed E-state index contributed by atoms with van der Waals surface area (Å²) in [6, 6.07) is -0.565. The summed E-state index contributed by atoms with van der Waals surface area (Å²) in [5.41, 5.74) is -2.30. The maximum Gasteiger partial charge on any atom is 0.343 e. The number of anilines is 1. The molecule has 1 aromatic heterocycles. The summed E-state index contributed by atoms with van der Waals surface area (Å²) in [5.74, 6) is -5.23. The quantitative estimate of drug-likeness (QED) is 0.508. The SMILES string of the molecule is CCOC(=O)c1cn(C(CCC(=O)O)C(=O)OCC)c2c(F)c(N3CCN(C)CC3)c(F)cc2c1=O. The van der Waals surface area contributed by atoms with E-state index in [4.69, 9.17) is 9.47 Å². The van der Waals surface area contributed by atoms with Crippen LogP contribution in [0.2, 0.25) is 0 Å². The molecule has 0 saturated carbocycles. The van der Waals surface area contributed by atoms with Crippen molar-refractivity contribution in [3.8, 4) is 0 Å². The van der Waals surface area contributed by atoms with Gasteiger partial charge in [0.05, 0.1) is 24.1 Å². The summed E-state index contributed by atoms with van der Waals surface area (Å²) in [6.07, 6.45) is 0.149. The number of benzene rings is 1. The number of ether oxygens (including phenoxy) is 2. The van der Waals surface area contributed by atoms with Gasteiger partial charge in [0, 0.05) is 38.8 Å². The molecule has 12 heteroatoms. The number of piperazine rings is 1. The topological polar surface area (TPSA) is 118 Å². The van der Waals surface area contributed by atoms with Crippen LogP contribution in [0.4, 0.5) is 14.5 Å². The van der Waals surface area contributed by atoms with Gasteiger partial charge in [-0.15, -0.1) is 0 Å². The van der Waals surface area contributed by atoms with Crippen LogP contribution in [0.5, 0.6) is 0 Å². The second-order valence-electron chi connectivity index (χ2n) is 8.41. The van der Waals surface area contributed by atoms with Crippen LogP contribution >= 0.6 is 0 Å². The molecule has 196 valence electrons. The first-order chi connectivity index (χ1) is 17.1. The van der Waals surface area contributed by atoms with E-state index < -0.39 is 63.9 Å². The highest BCUT2D eigenvalue weighted by atomic mass is 19.1. The Labute approximate surface area is 206 Å². The highest BCUT2D eigenvalue weighted by Gasteiger charge is 2.31. The molecule has 1 saturated heterocycles. The van der Waals surface area contributed by atoms with Crippen molar-refractivity contribution in [2.24, 2.45) is 0 Å². The highest BCUT2D eigenvalue weighted by Crippen LogP contribution is 2.33. The van der Waals surface area contributed by atoms with Gasteiger partial charge in [-0.05, 0) is 33.4 Å². The lowest BCUT2D eigenvalue weighted by Crippen LogP contribution is -2.45. The van der Waals surface area contributed by atoms with Crippen molar-refractivity contribution in [1.29, 1.82) is 0 Å². The largest absolute Gasteiger partial charge is 0.481 e. The monoisotopic (exact) mass is 509 g/mol. The first kappa shape index (κ1) is 27.1. The van der Waals surface area contributed by atoms with Crippen LogP contribution in [0.1, 0.15) is 43.1 Å². The molecule has 1 fully saturated rings. The number of aromatic nitrogens is 1. The average molecular weight is 510 g/mol. The third-order valence-corrected chi connectivity index (χ3v) is 6.02. The summed E-state index contributed by atoms with van der Waals surface area (Å²) >= 11 is 0. The Morgan fingerprint density at radius 2 is 1.72 bits per heavy atom. The van der Waals surface area contributed by atoms with E-state index in [0.717, 1.165) is 16.8 Å². The number of nitrogens with zero attached hydrogens (tertiary/aromatic N) is 3. The molecule has 0 spiro atoms. The number of rotatable bonds is 9. The van der Waals surface area contributed by atoms with E-state index >= 15 is 8.78 Å². The van der Waals surface area contributed by atoms with E-state index in [1.165, 1.54) is 11.8 Å². The first-order valence-corrected chi connectivity index (χ1v) is 11.7. The number of fused-ring (bicyclic) bond motifs is 1. The second-order valence-corrected chi connectivity index (χ2v) is 8.41. The number of likely N-dealkylation sites (N-methyl/N-ethyl adjacent to an activating group) is 1.